The lowest BCUT2D eigenvalue weighted by molar-refractivity contribution is -0.125. The number of benzene rings is 1. The number of hydrogen-bond acceptors (Lipinski definition) is 3. The first-order chi connectivity index (χ1) is 13.2. The maximum Gasteiger partial charge on any atom is 0.318 e. The van der Waals surface area contributed by atoms with Crippen molar-refractivity contribution in [1.82, 2.24) is 25.1 Å². The number of carbonyl (C=O) groups excluding carboxylic acids is 2. The molecule has 1 saturated carbocycles. The van der Waals surface area contributed by atoms with Crippen LogP contribution in [0.1, 0.15) is 24.1 Å². The summed E-state index contributed by atoms with van der Waals surface area (Å²) < 4.78 is 1.98. The molecule has 7 nitrogen and oxygen atoms in total. The summed E-state index contributed by atoms with van der Waals surface area (Å²) in [5, 5.41) is 6.02. The molecule has 1 aromatic carbocycles. The minimum atomic E-state index is -0.276. The van der Waals surface area contributed by atoms with E-state index in [1.807, 2.05) is 34.9 Å². The van der Waals surface area contributed by atoms with E-state index >= 15 is 0 Å². The third kappa shape index (κ3) is 4.48. The Kier molecular flexibility index (Phi) is 5.09. The van der Waals surface area contributed by atoms with Gasteiger partial charge >= 0.3 is 6.03 Å². The van der Waals surface area contributed by atoms with Gasteiger partial charge in [0, 0.05) is 32.4 Å². The number of carbonyl (C=O) groups is 2. The zero-order chi connectivity index (χ0) is 18.6. The first-order valence-corrected chi connectivity index (χ1v) is 9.52. The Morgan fingerprint density at radius 3 is 2.70 bits per heavy atom. The van der Waals surface area contributed by atoms with Crippen molar-refractivity contribution in [3.05, 3.63) is 54.1 Å². The first kappa shape index (κ1) is 17.6. The molecule has 2 aliphatic rings. The zero-order valence-corrected chi connectivity index (χ0v) is 15.3. The lowest BCUT2D eigenvalue weighted by atomic mass is 10.1. The van der Waals surface area contributed by atoms with Crippen LogP contribution in [0.2, 0.25) is 0 Å². The molecule has 1 atom stereocenters. The van der Waals surface area contributed by atoms with Crippen LogP contribution in [0.4, 0.5) is 4.79 Å². The molecule has 2 heterocycles. The highest BCUT2D eigenvalue weighted by molar-refractivity contribution is 5.80. The summed E-state index contributed by atoms with van der Waals surface area (Å²) in [4.78, 5) is 31.3. The fraction of sp³-hybridized carbons (Fsp3) is 0.450. The van der Waals surface area contributed by atoms with Crippen molar-refractivity contribution in [2.45, 2.75) is 32.5 Å². The number of hydrogen-bond donors (Lipinski definition) is 2. The largest absolute Gasteiger partial charge is 0.355 e. The highest BCUT2D eigenvalue weighted by Gasteiger charge is 2.30. The van der Waals surface area contributed by atoms with Crippen molar-refractivity contribution >= 4 is 11.9 Å². The second kappa shape index (κ2) is 7.82. The molecule has 1 fully saturated rings. The number of aromatic nitrogens is 2. The van der Waals surface area contributed by atoms with Crippen LogP contribution < -0.4 is 10.6 Å². The smallest absolute Gasteiger partial charge is 0.318 e. The minimum Gasteiger partial charge on any atom is -0.355 e. The van der Waals surface area contributed by atoms with Gasteiger partial charge in [0.1, 0.15) is 0 Å². The van der Waals surface area contributed by atoms with Gasteiger partial charge in [-0.1, -0.05) is 30.3 Å². The predicted molar refractivity (Wildman–Crippen MR) is 101 cm³/mol. The van der Waals surface area contributed by atoms with E-state index in [1.54, 1.807) is 17.4 Å². The summed E-state index contributed by atoms with van der Waals surface area (Å²) in [5.41, 5.74) is 1.99. The van der Waals surface area contributed by atoms with Crippen molar-refractivity contribution in [1.29, 1.82) is 0 Å². The zero-order valence-electron chi connectivity index (χ0n) is 15.3. The van der Waals surface area contributed by atoms with Crippen molar-refractivity contribution in [3.8, 4) is 0 Å². The minimum absolute atomic E-state index is 0.0179. The normalized spacial score (nSPS) is 19.1. The van der Waals surface area contributed by atoms with Crippen LogP contribution in [0.15, 0.2) is 42.9 Å². The van der Waals surface area contributed by atoms with Gasteiger partial charge in [0.2, 0.25) is 5.91 Å². The third-order valence-electron chi connectivity index (χ3n) is 5.22. The Hall–Kier alpha value is -2.83. The molecule has 1 aliphatic heterocycles. The molecule has 3 amide bonds. The molecule has 142 valence electrons. The van der Waals surface area contributed by atoms with E-state index in [0.717, 1.165) is 17.8 Å². The summed E-state index contributed by atoms with van der Waals surface area (Å²) in [6.45, 7) is 2.61. The standard InChI is InChI=1S/C20H25N5O2/c26-19(22-8-16-6-7-16)17-11-24(13-18-10-21-14-25(18)12-17)20(27)23-9-15-4-2-1-3-5-15/h1-5,10,14,16-17H,6-9,11-13H2,(H,22,26)(H,23,27)/t17-/m0/s1. The maximum absolute atomic E-state index is 12.8. The second-order valence-electron chi connectivity index (χ2n) is 7.45. The van der Waals surface area contributed by atoms with E-state index < -0.39 is 0 Å². The summed E-state index contributed by atoms with van der Waals surface area (Å²) in [6, 6.07) is 9.65. The first-order valence-electron chi connectivity index (χ1n) is 9.52. The van der Waals surface area contributed by atoms with Gasteiger partial charge in [-0.3, -0.25) is 4.79 Å². The van der Waals surface area contributed by atoms with Gasteiger partial charge < -0.3 is 20.1 Å². The lowest BCUT2D eigenvalue weighted by Gasteiger charge is -2.24. The Bertz CT molecular complexity index is 800. The molecular formula is C20H25N5O2. The van der Waals surface area contributed by atoms with Crippen LogP contribution in [0.3, 0.4) is 0 Å². The SMILES string of the molecule is O=C(NCC1CC1)[C@H]1CN(C(=O)NCc2ccccc2)Cc2cncn2C1. The molecular weight excluding hydrogens is 342 g/mol. The fourth-order valence-corrected chi connectivity index (χ4v) is 3.38. The molecule has 2 aromatic rings. The van der Waals surface area contributed by atoms with E-state index in [4.69, 9.17) is 0 Å². The second-order valence-corrected chi connectivity index (χ2v) is 7.45. The Labute approximate surface area is 158 Å². The number of nitrogens with one attached hydrogen (secondary N) is 2. The quantitative estimate of drug-likeness (QED) is 0.845. The van der Waals surface area contributed by atoms with Crippen molar-refractivity contribution in [3.63, 3.8) is 0 Å². The van der Waals surface area contributed by atoms with Crippen molar-refractivity contribution < 1.29 is 9.59 Å². The Morgan fingerprint density at radius 1 is 1.11 bits per heavy atom. The topological polar surface area (TPSA) is 79.3 Å². The number of amides is 3. The molecule has 0 radical (unpaired) electrons. The fourth-order valence-electron chi connectivity index (χ4n) is 3.38. The van der Waals surface area contributed by atoms with Crippen LogP contribution >= 0.6 is 0 Å². The van der Waals surface area contributed by atoms with Gasteiger partial charge in [-0.25, -0.2) is 9.78 Å². The molecule has 1 aliphatic carbocycles. The molecule has 7 heteroatoms. The van der Waals surface area contributed by atoms with Crippen LogP contribution in [-0.2, 0) is 24.4 Å². The van der Waals surface area contributed by atoms with Crippen LogP contribution in [0, 0.1) is 11.8 Å². The molecule has 27 heavy (non-hydrogen) atoms. The predicted octanol–water partition coefficient (Wildman–Crippen LogP) is 1.75. The molecule has 0 spiro atoms. The van der Waals surface area contributed by atoms with E-state index in [2.05, 4.69) is 15.6 Å². The molecule has 2 N–H and O–H groups in total. The highest BCUT2D eigenvalue weighted by atomic mass is 16.2. The highest BCUT2D eigenvalue weighted by Crippen LogP contribution is 2.27. The van der Waals surface area contributed by atoms with Gasteiger partial charge in [-0.2, -0.15) is 0 Å². The Balaban J connectivity index is 1.42. The third-order valence-corrected chi connectivity index (χ3v) is 5.22. The van der Waals surface area contributed by atoms with E-state index in [9.17, 15) is 9.59 Å². The summed E-state index contributed by atoms with van der Waals surface area (Å²) >= 11 is 0. The van der Waals surface area contributed by atoms with Crippen LogP contribution in [0.5, 0.6) is 0 Å². The average Bonchev–Trinajstić information content (AvgIpc) is 3.46. The number of rotatable bonds is 5. The molecule has 1 aromatic heterocycles. The molecule has 0 bridgehead atoms. The molecule has 0 saturated heterocycles. The maximum atomic E-state index is 12.8. The van der Waals surface area contributed by atoms with Gasteiger partial charge in [0.05, 0.1) is 24.5 Å². The summed E-state index contributed by atoms with van der Waals surface area (Å²) in [7, 11) is 0. The number of fused-ring (bicyclic) bond motifs is 1. The van der Waals surface area contributed by atoms with E-state index in [-0.39, 0.29) is 17.9 Å². The van der Waals surface area contributed by atoms with E-state index in [1.165, 1.54) is 12.8 Å². The van der Waals surface area contributed by atoms with Gasteiger partial charge in [0.15, 0.2) is 0 Å². The average molecular weight is 367 g/mol. The van der Waals surface area contributed by atoms with Gasteiger partial charge in [-0.05, 0) is 24.3 Å². The molecule has 0 unspecified atom stereocenters. The van der Waals surface area contributed by atoms with Gasteiger partial charge in [-0.15, -0.1) is 0 Å². The summed E-state index contributed by atoms with van der Waals surface area (Å²) in [5.74, 6) is 0.375. The van der Waals surface area contributed by atoms with Crippen molar-refractivity contribution in [2.75, 3.05) is 13.1 Å². The molecule has 4 rings (SSSR count). The number of nitrogens with zero attached hydrogens (tertiary/aromatic N) is 3. The van der Waals surface area contributed by atoms with E-state index in [0.29, 0.717) is 32.1 Å². The summed E-state index contributed by atoms with van der Waals surface area (Å²) in [6.07, 6.45) is 5.90. The lowest BCUT2D eigenvalue weighted by Crippen LogP contribution is -2.45. The number of urea groups is 1. The monoisotopic (exact) mass is 367 g/mol. The van der Waals surface area contributed by atoms with Gasteiger partial charge in [0.25, 0.3) is 0 Å². The van der Waals surface area contributed by atoms with Crippen LogP contribution in [0.25, 0.3) is 0 Å². The number of imidazole rings is 1. The Morgan fingerprint density at radius 2 is 1.93 bits per heavy atom. The van der Waals surface area contributed by atoms with Crippen LogP contribution in [-0.4, -0.2) is 39.5 Å². The van der Waals surface area contributed by atoms with Crippen molar-refractivity contribution in [2.24, 2.45) is 11.8 Å².